The molecule has 65 heavy (non-hydrogen) atoms. The molecule has 14 aromatic rings. The predicted octanol–water partition coefficient (Wildman–Crippen LogP) is 18.7. The lowest BCUT2D eigenvalue weighted by Gasteiger charge is -2.19. The molecule has 0 aliphatic rings. The van der Waals surface area contributed by atoms with Crippen molar-refractivity contribution in [1.29, 1.82) is 0 Å². The zero-order chi connectivity index (χ0) is 42.6. The number of rotatable bonds is 5. The molecule has 300 valence electrons. The Balaban J connectivity index is 1.00. The van der Waals surface area contributed by atoms with Crippen LogP contribution in [0.25, 0.3) is 140 Å². The van der Waals surface area contributed by atoms with Crippen LogP contribution in [0.4, 0.5) is 0 Å². The van der Waals surface area contributed by atoms with Gasteiger partial charge in [0.25, 0.3) is 0 Å². The summed E-state index contributed by atoms with van der Waals surface area (Å²) in [7, 11) is 0. The second-order valence-electron chi connectivity index (χ2n) is 17.5. The van der Waals surface area contributed by atoms with E-state index in [0.717, 1.165) is 0 Å². The Kier molecular flexibility index (Phi) is 7.95. The third-order valence-electron chi connectivity index (χ3n) is 13.9. The zero-order valence-corrected chi connectivity index (χ0v) is 36.2. The van der Waals surface area contributed by atoms with Gasteiger partial charge < -0.3 is 0 Å². The van der Waals surface area contributed by atoms with Crippen LogP contribution < -0.4 is 0 Å². The van der Waals surface area contributed by atoms with Crippen molar-refractivity contribution in [2.24, 2.45) is 0 Å². The minimum absolute atomic E-state index is 1.21. The normalized spacial score (nSPS) is 12.0. The van der Waals surface area contributed by atoms with E-state index in [1.807, 2.05) is 11.3 Å². The molecule has 13 aromatic carbocycles. The second-order valence-corrected chi connectivity index (χ2v) is 18.6. The number of fused-ring (bicyclic) bond motifs is 8. The number of hydrogen-bond donors (Lipinski definition) is 0. The molecule has 0 aliphatic carbocycles. The van der Waals surface area contributed by atoms with Gasteiger partial charge in [-0.1, -0.05) is 194 Å². The summed E-state index contributed by atoms with van der Waals surface area (Å²) >= 11 is 1.94. The molecule has 0 fully saturated rings. The van der Waals surface area contributed by atoms with Crippen molar-refractivity contribution in [3.63, 3.8) is 0 Å². The van der Waals surface area contributed by atoms with Gasteiger partial charge in [-0.05, 0) is 151 Å². The van der Waals surface area contributed by atoms with Gasteiger partial charge in [-0.2, -0.15) is 0 Å². The average Bonchev–Trinajstić information content (AvgIpc) is 3.77. The smallest absolute Gasteiger partial charge is 0.0440 e. The molecule has 0 amide bonds. The first-order valence-electron chi connectivity index (χ1n) is 22.5. The van der Waals surface area contributed by atoms with Gasteiger partial charge in [0, 0.05) is 25.6 Å². The standard InChI is InChI=1S/C64H38S/c1-3-15-39(16-4-1)46-34-47(40-17-5-2-6-18-40)36-48(35-46)60-51-24-11-9-22-49(51)59(50-23-10-12-25-52(50)60)45-31-32-54-58(38-45)65-64-56-28-14-26-53-57(43-30-29-41-19-7-8-20-42(41)33-43)37-44-21-13-27-55(63(54)64)61(44)62(53)56/h1-38H. The molecular formula is C64H38S. The predicted molar refractivity (Wildman–Crippen MR) is 283 cm³/mol. The molecule has 0 radical (unpaired) electrons. The minimum Gasteiger partial charge on any atom is -0.134 e. The lowest BCUT2D eigenvalue weighted by Crippen LogP contribution is -1.92. The summed E-state index contributed by atoms with van der Waals surface area (Å²) in [5, 5.41) is 18.2. The van der Waals surface area contributed by atoms with Gasteiger partial charge in [-0.3, -0.25) is 0 Å². The lowest BCUT2D eigenvalue weighted by atomic mass is 9.84. The maximum Gasteiger partial charge on any atom is 0.0440 e. The van der Waals surface area contributed by atoms with Crippen LogP contribution in [0.2, 0.25) is 0 Å². The molecule has 0 bridgehead atoms. The van der Waals surface area contributed by atoms with Crippen LogP contribution in [-0.2, 0) is 0 Å². The molecule has 0 saturated heterocycles. The maximum atomic E-state index is 2.47. The summed E-state index contributed by atoms with van der Waals surface area (Å²) in [5.41, 5.74) is 12.4. The van der Waals surface area contributed by atoms with Crippen molar-refractivity contribution in [2.45, 2.75) is 0 Å². The van der Waals surface area contributed by atoms with Crippen molar-refractivity contribution in [3.05, 3.63) is 231 Å². The van der Waals surface area contributed by atoms with Crippen LogP contribution >= 0.6 is 11.3 Å². The molecule has 1 aromatic heterocycles. The molecule has 0 atom stereocenters. The number of hydrogen-bond acceptors (Lipinski definition) is 1. The van der Waals surface area contributed by atoms with E-state index >= 15 is 0 Å². The van der Waals surface area contributed by atoms with Crippen molar-refractivity contribution in [1.82, 2.24) is 0 Å². The average molecular weight is 839 g/mol. The first-order valence-corrected chi connectivity index (χ1v) is 23.3. The summed E-state index contributed by atoms with van der Waals surface area (Å²) in [5.74, 6) is 0. The third kappa shape index (κ3) is 5.56. The highest BCUT2D eigenvalue weighted by Gasteiger charge is 2.22. The lowest BCUT2D eigenvalue weighted by molar-refractivity contribution is 1.58. The summed E-state index contributed by atoms with van der Waals surface area (Å²) in [6.45, 7) is 0. The Bertz CT molecular complexity index is 4100. The fraction of sp³-hybridized carbons (Fsp3) is 0. The second kappa shape index (κ2) is 14.2. The summed E-state index contributed by atoms with van der Waals surface area (Å²) in [6.07, 6.45) is 0. The number of thiophene rings is 1. The third-order valence-corrected chi connectivity index (χ3v) is 15.1. The first kappa shape index (κ1) is 36.4. The van der Waals surface area contributed by atoms with Crippen molar-refractivity contribution >= 4 is 96.1 Å². The molecule has 1 heterocycles. The van der Waals surface area contributed by atoms with Gasteiger partial charge >= 0.3 is 0 Å². The monoisotopic (exact) mass is 838 g/mol. The van der Waals surface area contributed by atoms with E-state index in [-0.39, 0.29) is 0 Å². The Hall–Kier alpha value is -8.10. The Morgan fingerprint density at radius 3 is 1.45 bits per heavy atom. The van der Waals surface area contributed by atoms with Crippen molar-refractivity contribution in [3.8, 4) is 55.6 Å². The van der Waals surface area contributed by atoms with Crippen molar-refractivity contribution < 1.29 is 0 Å². The van der Waals surface area contributed by atoms with Crippen LogP contribution in [0.5, 0.6) is 0 Å². The SMILES string of the molecule is c1ccc(-c2cc(-c3ccccc3)cc(-c3c4ccccc4c(-c4ccc5c(c4)sc4c6cccc7c(-c8ccc9ccccc9c8)cc8cccc(c54)c8c76)c4ccccc34)c2)cc1. The summed E-state index contributed by atoms with van der Waals surface area (Å²) in [6, 6.07) is 85.9. The van der Waals surface area contributed by atoms with Gasteiger partial charge in [-0.25, -0.2) is 0 Å². The zero-order valence-electron chi connectivity index (χ0n) is 35.3. The highest BCUT2D eigenvalue weighted by atomic mass is 32.1. The Labute approximate surface area is 380 Å². The van der Waals surface area contributed by atoms with E-state index in [0.29, 0.717) is 0 Å². The van der Waals surface area contributed by atoms with Gasteiger partial charge in [0.15, 0.2) is 0 Å². The molecule has 14 rings (SSSR count). The minimum atomic E-state index is 1.21. The fourth-order valence-corrected chi connectivity index (χ4v) is 12.4. The summed E-state index contributed by atoms with van der Waals surface area (Å²) < 4.78 is 2.67. The number of benzene rings is 13. The molecule has 0 unspecified atom stereocenters. The molecular weight excluding hydrogens is 801 g/mol. The molecule has 1 heteroatoms. The summed E-state index contributed by atoms with van der Waals surface area (Å²) in [4.78, 5) is 0. The maximum absolute atomic E-state index is 2.47. The topological polar surface area (TPSA) is 0 Å². The van der Waals surface area contributed by atoms with Crippen LogP contribution in [0.3, 0.4) is 0 Å². The Morgan fingerprint density at radius 2 is 0.754 bits per heavy atom. The molecule has 0 N–H and O–H groups in total. The molecule has 0 aliphatic heterocycles. The first-order chi connectivity index (χ1) is 32.2. The van der Waals surface area contributed by atoms with Gasteiger partial charge in [0.05, 0.1) is 0 Å². The molecule has 0 saturated carbocycles. The van der Waals surface area contributed by atoms with Gasteiger partial charge in [0.2, 0.25) is 0 Å². The quantitative estimate of drug-likeness (QED) is 0.120. The van der Waals surface area contributed by atoms with E-state index in [9.17, 15) is 0 Å². The van der Waals surface area contributed by atoms with Crippen molar-refractivity contribution in [2.75, 3.05) is 0 Å². The van der Waals surface area contributed by atoms with E-state index in [4.69, 9.17) is 0 Å². The van der Waals surface area contributed by atoms with Gasteiger partial charge in [0.1, 0.15) is 0 Å². The van der Waals surface area contributed by atoms with Crippen LogP contribution in [0.15, 0.2) is 231 Å². The van der Waals surface area contributed by atoms with Crippen LogP contribution in [-0.4, -0.2) is 0 Å². The van der Waals surface area contributed by atoms with Crippen LogP contribution in [0.1, 0.15) is 0 Å². The van der Waals surface area contributed by atoms with E-state index in [1.165, 1.54) is 140 Å². The Morgan fingerprint density at radius 1 is 0.231 bits per heavy atom. The molecule has 0 nitrogen and oxygen atoms in total. The van der Waals surface area contributed by atoms with Crippen LogP contribution in [0, 0.1) is 0 Å². The van der Waals surface area contributed by atoms with E-state index < -0.39 is 0 Å². The largest absolute Gasteiger partial charge is 0.134 e. The van der Waals surface area contributed by atoms with E-state index in [2.05, 4.69) is 231 Å². The van der Waals surface area contributed by atoms with Gasteiger partial charge in [-0.15, -0.1) is 11.3 Å². The molecule has 0 spiro atoms. The van der Waals surface area contributed by atoms with E-state index in [1.54, 1.807) is 0 Å². The highest BCUT2D eigenvalue weighted by molar-refractivity contribution is 7.27. The fourth-order valence-electron chi connectivity index (χ4n) is 11.1. The highest BCUT2D eigenvalue weighted by Crippen LogP contribution is 2.51.